The molecular weight excluding hydrogens is 522 g/mol. The smallest absolute Gasteiger partial charge is 0.244 e. The van der Waals surface area contributed by atoms with Crippen molar-refractivity contribution in [3.63, 3.8) is 0 Å². The number of nitrogens with one attached hydrogen (secondary N) is 1. The first-order chi connectivity index (χ1) is 19.0. The Morgan fingerprint density at radius 1 is 0.875 bits per heavy atom. The molecule has 0 saturated heterocycles. The van der Waals surface area contributed by atoms with Crippen LogP contribution in [-0.2, 0) is 32.6 Å². The summed E-state index contributed by atoms with van der Waals surface area (Å²) in [6.45, 7) is 8.16. The topological polar surface area (TPSA) is 86.8 Å². The normalized spacial score (nSPS) is 12.2. The summed E-state index contributed by atoms with van der Waals surface area (Å²) in [7, 11) is -3.81. The zero-order chi connectivity index (χ0) is 29.3. The van der Waals surface area contributed by atoms with Crippen LogP contribution in [0.15, 0.2) is 78.9 Å². The summed E-state index contributed by atoms with van der Waals surface area (Å²) in [5, 5.41) is 2.96. The molecular formula is C32H41N3O4S. The Labute approximate surface area is 239 Å². The molecule has 3 rings (SSSR count). The molecule has 8 heteroatoms. The average Bonchev–Trinajstić information content (AvgIpc) is 2.93. The molecule has 0 aliphatic carbocycles. The van der Waals surface area contributed by atoms with Crippen LogP contribution in [0.5, 0.6) is 0 Å². The highest BCUT2D eigenvalue weighted by atomic mass is 32.2. The fraction of sp³-hybridized carbons (Fsp3) is 0.375. The van der Waals surface area contributed by atoms with Gasteiger partial charge in [0.2, 0.25) is 21.8 Å². The van der Waals surface area contributed by atoms with Gasteiger partial charge in [-0.1, -0.05) is 99.1 Å². The number of hydrogen-bond acceptors (Lipinski definition) is 4. The molecule has 3 aromatic rings. The van der Waals surface area contributed by atoms with E-state index < -0.39 is 28.5 Å². The number of anilines is 1. The third kappa shape index (κ3) is 8.42. The summed E-state index contributed by atoms with van der Waals surface area (Å²) in [5.74, 6) is -0.665. The SMILES string of the molecule is CCCNC(=O)[C@@H](Cc1ccccc1)N(Cc1ccc(C)cc1)C(=O)CN(c1ccccc1C(C)C)S(C)(=O)=O. The predicted molar refractivity (Wildman–Crippen MR) is 162 cm³/mol. The van der Waals surface area contributed by atoms with Crippen LogP contribution in [0.4, 0.5) is 5.69 Å². The van der Waals surface area contributed by atoms with Crippen LogP contribution < -0.4 is 9.62 Å². The number of benzene rings is 3. The van der Waals surface area contributed by atoms with Crippen molar-refractivity contribution in [2.45, 2.75) is 59.0 Å². The molecule has 0 radical (unpaired) electrons. The first kappa shape index (κ1) is 30.9. The lowest BCUT2D eigenvalue weighted by molar-refractivity contribution is -0.140. The second-order valence-electron chi connectivity index (χ2n) is 10.5. The highest BCUT2D eigenvalue weighted by Gasteiger charge is 2.33. The Balaban J connectivity index is 2.07. The largest absolute Gasteiger partial charge is 0.354 e. The fourth-order valence-electron chi connectivity index (χ4n) is 4.61. The van der Waals surface area contributed by atoms with E-state index in [2.05, 4.69) is 5.32 Å². The minimum atomic E-state index is -3.81. The summed E-state index contributed by atoms with van der Waals surface area (Å²) in [4.78, 5) is 29.3. The third-order valence-electron chi connectivity index (χ3n) is 6.80. The van der Waals surface area contributed by atoms with Crippen molar-refractivity contribution >= 4 is 27.5 Å². The number of sulfonamides is 1. The van der Waals surface area contributed by atoms with Crippen molar-refractivity contribution in [1.82, 2.24) is 10.2 Å². The molecule has 214 valence electrons. The quantitative estimate of drug-likeness (QED) is 0.315. The van der Waals surface area contributed by atoms with E-state index in [-0.39, 0.29) is 18.4 Å². The Hall–Kier alpha value is -3.65. The molecule has 0 unspecified atom stereocenters. The summed E-state index contributed by atoms with van der Waals surface area (Å²) in [6, 6.07) is 23.7. The Bertz CT molecular complexity index is 1370. The second-order valence-corrected chi connectivity index (χ2v) is 12.4. The maximum absolute atomic E-state index is 14.2. The van der Waals surface area contributed by atoms with Crippen molar-refractivity contribution < 1.29 is 18.0 Å². The summed E-state index contributed by atoms with van der Waals surface area (Å²) >= 11 is 0. The van der Waals surface area contributed by atoms with Crippen LogP contribution in [0.2, 0.25) is 0 Å². The van der Waals surface area contributed by atoms with E-state index >= 15 is 0 Å². The third-order valence-corrected chi connectivity index (χ3v) is 7.93. The van der Waals surface area contributed by atoms with E-state index in [1.807, 2.05) is 94.4 Å². The number of para-hydroxylation sites is 1. The van der Waals surface area contributed by atoms with Gasteiger partial charge in [0.05, 0.1) is 11.9 Å². The van der Waals surface area contributed by atoms with Crippen molar-refractivity contribution in [3.05, 3.63) is 101 Å². The van der Waals surface area contributed by atoms with Crippen molar-refractivity contribution in [1.29, 1.82) is 0 Å². The van der Waals surface area contributed by atoms with Crippen LogP contribution in [0, 0.1) is 6.92 Å². The van der Waals surface area contributed by atoms with Gasteiger partial charge < -0.3 is 10.2 Å². The van der Waals surface area contributed by atoms with Gasteiger partial charge in [0.1, 0.15) is 12.6 Å². The van der Waals surface area contributed by atoms with Crippen LogP contribution in [0.1, 0.15) is 55.4 Å². The van der Waals surface area contributed by atoms with Crippen LogP contribution >= 0.6 is 0 Å². The summed E-state index contributed by atoms with van der Waals surface area (Å²) in [6.07, 6.45) is 2.16. The van der Waals surface area contributed by atoms with Gasteiger partial charge in [-0.05, 0) is 42.0 Å². The molecule has 1 N–H and O–H groups in total. The molecule has 0 aromatic heterocycles. The van der Waals surface area contributed by atoms with E-state index in [1.54, 1.807) is 12.1 Å². The van der Waals surface area contributed by atoms with Gasteiger partial charge in [0.15, 0.2) is 0 Å². The molecule has 1 atom stereocenters. The number of amides is 2. The zero-order valence-electron chi connectivity index (χ0n) is 24.1. The average molecular weight is 564 g/mol. The summed E-state index contributed by atoms with van der Waals surface area (Å²) in [5.41, 5.74) is 4.14. The molecule has 0 aliphatic heterocycles. The maximum Gasteiger partial charge on any atom is 0.244 e. The van der Waals surface area contributed by atoms with Gasteiger partial charge in [-0.2, -0.15) is 0 Å². The van der Waals surface area contributed by atoms with Crippen LogP contribution in [0.3, 0.4) is 0 Å². The van der Waals surface area contributed by atoms with Gasteiger partial charge in [-0.25, -0.2) is 8.42 Å². The number of rotatable bonds is 13. The van der Waals surface area contributed by atoms with E-state index in [4.69, 9.17) is 0 Å². The highest BCUT2D eigenvalue weighted by molar-refractivity contribution is 7.92. The molecule has 7 nitrogen and oxygen atoms in total. The van der Waals surface area contributed by atoms with Crippen molar-refractivity contribution in [2.24, 2.45) is 0 Å². The second kappa shape index (κ2) is 14.1. The van der Waals surface area contributed by atoms with Crippen molar-refractivity contribution in [3.8, 4) is 0 Å². The monoisotopic (exact) mass is 563 g/mol. The van der Waals surface area contributed by atoms with Gasteiger partial charge in [0, 0.05) is 19.5 Å². The Kier molecular flexibility index (Phi) is 10.9. The first-order valence-corrected chi connectivity index (χ1v) is 15.6. The molecule has 0 bridgehead atoms. The van der Waals surface area contributed by atoms with Gasteiger partial charge in [-0.3, -0.25) is 13.9 Å². The Morgan fingerprint density at radius 3 is 2.10 bits per heavy atom. The van der Waals surface area contributed by atoms with Gasteiger partial charge in [-0.15, -0.1) is 0 Å². The van der Waals surface area contributed by atoms with E-state index in [9.17, 15) is 18.0 Å². The van der Waals surface area contributed by atoms with Crippen LogP contribution in [-0.4, -0.2) is 50.5 Å². The number of nitrogens with zero attached hydrogens (tertiary/aromatic N) is 2. The standard InChI is InChI=1S/C32H41N3O4S/c1-6-20-33-32(37)30(21-26-12-8-7-9-13-26)34(22-27-18-16-25(4)17-19-27)31(36)23-35(40(5,38)39)29-15-11-10-14-28(29)24(2)3/h7-19,24,30H,6,20-23H2,1-5H3,(H,33,37)/t30-/m1/s1. The molecule has 0 fully saturated rings. The lowest BCUT2D eigenvalue weighted by Crippen LogP contribution is -2.53. The number of aryl methyl sites for hydroxylation is 1. The lowest BCUT2D eigenvalue weighted by atomic mass is 10.0. The fourth-order valence-corrected chi connectivity index (χ4v) is 5.48. The highest BCUT2D eigenvalue weighted by Crippen LogP contribution is 2.29. The molecule has 0 heterocycles. The Morgan fingerprint density at radius 2 is 1.50 bits per heavy atom. The summed E-state index contributed by atoms with van der Waals surface area (Å²) < 4.78 is 27.3. The number of carbonyl (C=O) groups excluding carboxylic acids is 2. The number of hydrogen-bond donors (Lipinski definition) is 1. The molecule has 40 heavy (non-hydrogen) atoms. The predicted octanol–water partition coefficient (Wildman–Crippen LogP) is 5.05. The molecule has 0 saturated carbocycles. The molecule has 0 aliphatic rings. The maximum atomic E-state index is 14.2. The molecule has 2 amide bonds. The zero-order valence-corrected chi connectivity index (χ0v) is 24.9. The van der Waals surface area contributed by atoms with Crippen LogP contribution in [0.25, 0.3) is 0 Å². The van der Waals surface area contributed by atoms with Gasteiger partial charge >= 0.3 is 0 Å². The first-order valence-electron chi connectivity index (χ1n) is 13.7. The van der Waals surface area contributed by atoms with E-state index in [0.29, 0.717) is 18.7 Å². The lowest BCUT2D eigenvalue weighted by Gasteiger charge is -2.34. The molecule has 3 aromatic carbocycles. The van der Waals surface area contributed by atoms with E-state index in [1.165, 1.54) is 4.90 Å². The minimum absolute atomic E-state index is 0.0462. The number of carbonyl (C=O) groups is 2. The van der Waals surface area contributed by atoms with Crippen molar-refractivity contribution in [2.75, 3.05) is 23.7 Å². The molecule has 0 spiro atoms. The van der Waals surface area contributed by atoms with E-state index in [0.717, 1.165) is 39.2 Å². The van der Waals surface area contributed by atoms with Gasteiger partial charge in [0.25, 0.3) is 0 Å². The minimum Gasteiger partial charge on any atom is -0.354 e.